The van der Waals surface area contributed by atoms with Crippen LogP contribution in [0.2, 0.25) is 0 Å². The third kappa shape index (κ3) is 2.03. The van der Waals surface area contributed by atoms with Gasteiger partial charge in [-0.25, -0.2) is 9.89 Å². The Kier molecular flexibility index (Phi) is 2.89. The molecule has 0 fully saturated rings. The molecule has 7 heteroatoms. The highest BCUT2D eigenvalue weighted by Crippen LogP contribution is 2.31. The first kappa shape index (κ1) is 11.3. The Morgan fingerprint density at radius 1 is 1.59 bits per heavy atom. The van der Waals surface area contributed by atoms with Crippen LogP contribution < -0.4 is 11.4 Å². The molecule has 2 rings (SSSR count). The summed E-state index contributed by atoms with van der Waals surface area (Å²) < 4.78 is 1.38. The fourth-order valence-corrected chi connectivity index (χ4v) is 2.13. The summed E-state index contributed by atoms with van der Waals surface area (Å²) in [6, 6.07) is 7.16. The Morgan fingerprint density at radius 3 is 2.94 bits per heavy atom. The third-order valence-electron chi connectivity index (χ3n) is 2.23. The van der Waals surface area contributed by atoms with Gasteiger partial charge < -0.3 is 5.73 Å². The van der Waals surface area contributed by atoms with E-state index in [1.807, 2.05) is 6.07 Å². The molecule has 1 aromatic heterocycles. The van der Waals surface area contributed by atoms with Gasteiger partial charge in [-0.1, -0.05) is 6.07 Å². The Labute approximate surface area is 101 Å². The number of nitriles is 1. The van der Waals surface area contributed by atoms with Gasteiger partial charge in [-0.2, -0.15) is 5.26 Å². The minimum Gasteiger partial charge on any atom is -0.397 e. The van der Waals surface area contributed by atoms with E-state index in [2.05, 4.69) is 10.2 Å². The number of nitrogens with two attached hydrogens (primary N) is 1. The second kappa shape index (κ2) is 4.35. The molecule has 0 saturated carbocycles. The maximum absolute atomic E-state index is 11.2. The molecule has 1 heterocycles. The van der Waals surface area contributed by atoms with Crippen molar-refractivity contribution in [3.05, 3.63) is 34.2 Å². The minimum absolute atomic E-state index is 0.289. The summed E-state index contributed by atoms with van der Waals surface area (Å²) in [5.74, 6) is 0. The summed E-state index contributed by atoms with van der Waals surface area (Å²) in [6.07, 6.45) is 0. The van der Waals surface area contributed by atoms with Crippen molar-refractivity contribution >= 4 is 17.4 Å². The lowest BCUT2D eigenvalue weighted by atomic mass is 10.2. The molecule has 1 aromatic carbocycles. The molecule has 3 N–H and O–H groups in total. The number of nitrogen functional groups attached to an aromatic ring is 1. The Hall–Kier alpha value is -2.20. The zero-order chi connectivity index (χ0) is 12.4. The highest BCUT2D eigenvalue weighted by Gasteiger charge is 2.10. The molecule has 0 saturated heterocycles. The Balaban J connectivity index is 2.41. The lowest BCUT2D eigenvalue weighted by Gasteiger charge is -2.05. The molecule has 6 nitrogen and oxygen atoms in total. The monoisotopic (exact) mass is 247 g/mol. The highest BCUT2D eigenvalue weighted by molar-refractivity contribution is 7.99. The molecule has 0 spiro atoms. The van der Waals surface area contributed by atoms with Crippen LogP contribution in [0.4, 0.5) is 5.69 Å². The normalized spacial score (nSPS) is 10.1. The summed E-state index contributed by atoms with van der Waals surface area (Å²) >= 11 is 1.24. The van der Waals surface area contributed by atoms with Gasteiger partial charge in [0, 0.05) is 11.9 Å². The molecule has 2 aromatic rings. The van der Waals surface area contributed by atoms with Gasteiger partial charge in [-0.05, 0) is 23.9 Å². The number of hydrogen-bond acceptors (Lipinski definition) is 5. The number of rotatable bonds is 2. The Morgan fingerprint density at radius 2 is 2.35 bits per heavy atom. The SMILES string of the molecule is Cn1c(Sc2cccc(C#N)c2N)n[nH]c1=O. The van der Waals surface area contributed by atoms with E-state index in [1.54, 1.807) is 25.2 Å². The van der Waals surface area contributed by atoms with Crippen LogP contribution in [0.15, 0.2) is 33.0 Å². The molecule has 0 aliphatic heterocycles. The van der Waals surface area contributed by atoms with Crippen molar-refractivity contribution in [3.8, 4) is 6.07 Å². The minimum atomic E-state index is -0.289. The van der Waals surface area contributed by atoms with Crippen molar-refractivity contribution in [2.45, 2.75) is 10.1 Å². The van der Waals surface area contributed by atoms with Gasteiger partial charge in [0.2, 0.25) is 0 Å². The maximum Gasteiger partial charge on any atom is 0.343 e. The number of nitrogens with zero attached hydrogens (tertiary/aromatic N) is 3. The van der Waals surface area contributed by atoms with Crippen molar-refractivity contribution in [2.75, 3.05) is 5.73 Å². The largest absolute Gasteiger partial charge is 0.397 e. The Bertz CT molecular complexity index is 651. The lowest BCUT2D eigenvalue weighted by Crippen LogP contribution is -2.12. The number of hydrogen-bond donors (Lipinski definition) is 2. The van der Waals surface area contributed by atoms with Crippen molar-refractivity contribution in [1.82, 2.24) is 14.8 Å². The molecule has 0 aliphatic carbocycles. The first-order valence-corrected chi connectivity index (χ1v) is 5.53. The average Bonchev–Trinajstić information content (AvgIpc) is 2.64. The topological polar surface area (TPSA) is 100 Å². The quantitative estimate of drug-likeness (QED) is 0.761. The van der Waals surface area contributed by atoms with E-state index >= 15 is 0 Å². The van der Waals surface area contributed by atoms with E-state index < -0.39 is 0 Å². The maximum atomic E-state index is 11.2. The van der Waals surface area contributed by atoms with Gasteiger partial charge in [-0.3, -0.25) is 4.57 Å². The fourth-order valence-electron chi connectivity index (χ4n) is 1.25. The molecular formula is C10H9N5OS. The van der Waals surface area contributed by atoms with Crippen LogP contribution in [-0.4, -0.2) is 14.8 Å². The third-order valence-corrected chi connectivity index (χ3v) is 3.35. The van der Waals surface area contributed by atoms with E-state index in [4.69, 9.17) is 11.0 Å². The second-order valence-corrected chi connectivity index (χ2v) is 4.31. The van der Waals surface area contributed by atoms with Crippen LogP contribution in [0.5, 0.6) is 0 Å². The molecular weight excluding hydrogens is 238 g/mol. The van der Waals surface area contributed by atoms with Gasteiger partial charge in [-0.15, -0.1) is 5.10 Å². The summed E-state index contributed by atoms with van der Waals surface area (Å²) in [5.41, 5.74) is 6.35. The molecule has 0 aliphatic rings. The number of nitrogens with one attached hydrogen (secondary N) is 1. The zero-order valence-electron chi connectivity index (χ0n) is 8.97. The predicted octanol–water partition coefficient (Wildman–Crippen LogP) is 0.713. The van der Waals surface area contributed by atoms with E-state index in [9.17, 15) is 4.79 Å². The van der Waals surface area contributed by atoms with Crippen LogP contribution in [-0.2, 0) is 7.05 Å². The standard InChI is InChI=1S/C10H9N5OS/c1-15-9(16)13-14-10(15)17-7-4-2-3-6(5-11)8(7)12/h2-4H,12H2,1H3,(H,13,16). The number of aromatic amines is 1. The number of benzene rings is 1. The zero-order valence-corrected chi connectivity index (χ0v) is 9.78. The highest BCUT2D eigenvalue weighted by atomic mass is 32.2. The van der Waals surface area contributed by atoms with Crippen molar-refractivity contribution in [2.24, 2.45) is 7.05 Å². The first-order chi connectivity index (χ1) is 8.13. The van der Waals surface area contributed by atoms with E-state index in [0.717, 1.165) is 0 Å². The summed E-state index contributed by atoms with van der Waals surface area (Å²) in [7, 11) is 1.61. The van der Waals surface area contributed by atoms with Crippen LogP contribution in [0.25, 0.3) is 0 Å². The molecule has 0 amide bonds. The first-order valence-electron chi connectivity index (χ1n) is 4.71. The summed E-state index contributed by atoms with van der Waals surface area (Å²) in [5, 5.41) is 15.5. The van der Waals surface area contributed by atoms with Gasteiger partial charge in [0.25, 0.3) is 0 Å². The molecule has 0 atom stereocenters. The number of anilines is 1. The van der Waals surface area contributed by atoms with Crippen LogP contribution >= 0.6 is 11.8 Å². The van der Waals surface area contributed by atoms with Gasteiger partial charge >= 0.3 is 5.69 Å². The molecule has 86 valence electrons. The average molecular weight is 247 g/mol. The van der Waals surface area contributed by atoms with E-state index in [-0.39, 0.29) is 5.69 Å². The van der Waals surface area contributed by atoms with Crippen molar-refractivity contribution < 1.29 is 0 Å². The van der Waals surface area contributed by atoms with Crippen LogP contribution in [0.3, 0.4) is 0 Å². The van der Waals surface area contributed by atoms with Crippen molar-refractivity contribution in [1.29, 1.82) is 5.26 Å². The van der Waals surface area contributed by atoms with Crippen LogP contribution in [0.1, 0.15) is 5.56 Å². The van der Waals surface area contributed by atoms with E-state index in [1.165, 1.54) is 16.3 Å². The number of H-pyrrole nitrogens is 1. The summed E-state index contributed by atoms with van der Waals surface area (Å²) in [4.78, 5) is 11.9. The van der Waals surface area contributed by atoms with Gasteiger partial charge in [0.05, 0.1) is 11.3 Å². The number of para-hydroxylation sites is 1. The summed E-state index contributed by atoms with van der Waals surface area (Å²) in [6.45, 7) is 0. The van der Waals surface area contributed by atoms with E-state index in [0.29, 0.717) is 21.3 Å². The smallest absolute Gasteiger partial charge is 0.343 e. The van der Waals surface area contributed by atoms with Crippen molar-refractivity contribution in [3.63, 3.8) is 0 Å². The molecule has 0 bridgehead atoms. The van der Waals surface area contributed by atoms with Crippen LogP contribution in [0, 0.1) is 11.3 Å². The molecule has 0 unspecified atom stereocenters. The lowest BCUT2D eigenvalue weighted by molar-refractivity contribution is 0.766. The fraction of sp³-hybridized carbons (Fsp3) is 0.100. The second-order valence-electron chi connectivity index (χ2n) is 3.30. The molecule has 17 heavy (non-hydrogen) atoms. The number of aromatic nitrogens is 3. The molecule has 0 radical (unpaired) electrons. The predicted molar refractivity (Wildman–Crippen MR) is 63.5 cm³/mol. The van der Waals surface area contributed by atoms with Gasteiger partial charge in [0.15, 0.2) is 5.16 Å². The van der Waals surface area contributed by atoms with Gasteiger partial charge in [0.1, 0.15) is 6.07 Å².